The third-order valence-electron chi connectivity index (χ3n) is 5.50. The predicted molar refractivity (Wildman–Crippen MR) is 108 cm³/mol. The first-order chi connectivity index (χ1) is 13.5. The number of likely N-dealkylation sites (tertiary alicyclic amines) is 1. The molecule has 28 heavy (non-hydrogen) atoms. The molecule has 3 rings (SSSR count). The molecule has 1 fully saturated rings. The minimum absolute atomic E-state index is 0.119. The van der Waals surface area contributed by atoms with Crippen molar-refractivity contribution in [1.29, 1.82) is 0 Å². The highest BCUT2D eigenvalue weighted by molar-refractivity contribution is 5.89. The first kappa shape index (κ1) is 19.9. The molecule has 0 spiro atoms. The van der Waals surface area contributed by atoms with E-state index in [1.54, 1.807) is 19.2 Å². The van der Waals surface area contributed by atoms with Gasteiger partial charge in [-0.1, -0.05) is 35.9 Å². The fourth-order valence-electron chi connectivity index (χ4n) is 3.92. The van der Waals surface area contributed by atoms with Gasteiger partial charge in [0.25, 0.3) is 0 Å². The minimum Gasteiger partial charge on any atom is -0.496 e. The normalized spacial score (nSPS) is 14.7. The Labute approximate surface area is 165 Å². The van der Waals surface area contributed by atoms with E-state index in [-0.39, 0.29) is 5.91 Å². The van der Waals surface area contributed by atoms with Crippen molar-refractivity contribution in [2.24, 2.45) is 5.92 Å². The smallest absolute Gasteiger partial charge is 0.335 e. The summed E-state index contributed by atoms with van der Waals surface area (Å²) in [5, 5.41) is 9.35. The van der Waals surface area contributed by atoms with Crippen LogP contribution >= 0.6 is 0 Å². The Kier molecular flexibility index (Phi) is 6.34. The molecule has 1 aliphatic heterocycles. The monoisotopic (exact) mass is 381 g/mol. The molecule has 0 saturated carbocycles. The number of amides is 1. The Morgan fingerprint density at radius 1 is 1.11 bits per heavy atom. The SMILES string of the molecule is COc1ccc(C)cc1CC(=O)N1CCC(Cc2ccccc2C(=O)O)CC1. The third-order valence-corrected chi connectivity index (χ3v) is 5.50. The molecule has 0 unspecified atom stereocenters. The molecule has 1 heterocycles. The number of aryl methyl sites for hydroxylation is 1. The summed E-state index contributed by atoms with van der Waals surface area (Å²) < 4.78 is 5.38. The number of carboxylic acids is 1. The molecule has 0 bridgehead atoms. The van der Waals surface area contributed by atoms with E-state index in [9.17, 15) is 14.7 Å². The number of ether oxygens (including phenoxy) is 1. The lowest BCUT2D eigenvalue weighted by atomic mass is 9.88. The highest BCUT2D eigenvalue weighted by Gasteiger charge is 2.24. The van der Waals surface area contributed by atoms with Gasteiger partial charge in [0.1, 0.15) is 5.75 Å². The number of benzene rings is 2. The van der Waals surface area contributed by atoms with E-state index in [0.717, 1.165) is 41.7 Å². The number of hydrogen-bond donors (Lipinski definition) is 1. The van der Waals surface area contributed by atoms with Crippen molar-refractivity contribution in [1.82, 2.24) is 4.90 Å². The van der Waals surface area contributed by atoms with E-state index in [0.29, 0.717) is 31.0 Å². The number of methoxy groups -OCH3 is 1. The maximum absolute atomic E-state index is 12.7. The van der Waals surface area contributed by atoms with Gasteiger partial charge in [0.05, 0.1) is 19.1 Å². The number of carbonyl (C=O) groups is 2. The highest BCUT2D eigenvalue weighted by Crippen LogP contribution is 2.25. The third kappa shape index (κ3) is 4.71. The number of rotatable bonds is 6. The summed E-state index contributed by atoms with van der Waals surface area (Å²) >= 11 is 0. The molecular weight excluding hydrogens is 354 g/mol. The van der Waals surface area contributed by atoms with Gasteiger partial charge in [0.2, 0.25) is 5.91 Å². The molecule has 0 radical (unpaired) electrons. The van der Waals surface area contributed by atoms with Crippen LogP contribution in [0.3, 0.4) is 0 Å². The standard InChI is InChI=1S/C23H27NO4/c1-16-7-8-21(28-2)19(13-16)15-22(25)24-11-9-17(10-12-24)14-18-5-3-4-6-20(18)23(26)27/h3-8,13,17H,9-12,14-15H2,1-2H3,(H,26,27). The Balaban J connectivity index is 1.58. The van der Waals surface area contributed by atoms with E-state index in [1.807, 2.05) is 42.2 Å². The number of aromatic carboxylic acids is 1. The van der Waals surface area contributed by atoms with Gasteiger partial charge in [0, 0.05) is 18.7 Å². The molecule has 1 aliphatic rings. The lowest BCUT2D eigenvalue weighted by Crippen LogP contribution is -2.39. The first-order valence-corrected chi connectivity index (χ1v) is 9.70. The van der Waals surface area contributed by atoms with Gasteiger partial charge >= 0.3 is 5.97 Å². The Hall–Kier alpha value is -2.82. The summed E-state index contributed by atoms with van der Waals surface area (Å²) in [6, 6.07) is 13.1. The average molecular weight is 381 g/mol. The van der Waals surface area contributed by atoms with Crippen LogP contribution in [0.5, 0.6) is 5.75 Å². The molecule has 0 aromatic heterocycles. The summed E-state index contributed by atoms with van der Waals surface area (Å²) in [5.41, 5.74) is 3.29. The van der Waals surface area contributed by atoms with Crippen LogP contribution in [0.4, 0.5) is 0 Å². The number of hydrogen-bond acceptors (Lipinski definition) is 3. The number of nitrogens with zero attached hydrogens (tertiary/aromatic N) is 1. The molecule has 148 valence electrons. The summed E-state index contributed by atoms with van der Waals surface area (Å²) in [6.07, 6.45) is 2.88. The Morgan fingerprint density at radius 2 is 1.82 bits per heavy atom. The summed E-state index contributed by atoms with van der Waals surface area (Å²) in [5.74, 6) is 0.390. The van der Waals surface area contributed by atoms with Crippen LogP contribution < -0.4 is 4.74 Å². The fourth-order valence-corrected chi connectivity index (χ4v) is 3.92. The molecule has 1 N–H and O–H groups in total. The van der Waals surface area contributed by atoms with Crippen molar-refractivity contribution >= 4 is 11.9 Å². The van der Waals surface area contributed by atoms with E-state index in [2.05, 4.69) is 0 Å². The lowest BCUT2D eigenvalue weighted by molar-refractivity contribution is -0.131. The number of piperidine rings is 1. The first-order valence-electron chi connectivity index (χ1n) is 9.70. The second-order valence-electron chi connectivity index (χ2n) is 7.48. The molecule has 2 aromatic carbocycles. The van der Waals surface area contributed by atoms with Crippen LogP contribution in [0.15, 0.2) is 42.5 Å². The number of carbonyl (C=O) groups excluding carboxylic acids is 1. The van der Waals surface area contributed by atoms with Gasteiger partial charge in [-0.15, -0.1) is 0 Å². The summed E-state index contributed by atoms with van der Waals surface area (Å²) in [7, 11) is 1.62. The van der Waals surface area contributed by atoms with Crippen molar-refractivity contribution in [2.45, 2.75) is 32.6 Å². The Bertz CT molecular complexity index is 853. The zero-order valence-electron chi connectivity index (χ0n) is 16.5. The van der Waals surface area contributed by atoms with Gasteiger partial charge < -0.3 is 14.7 Å². The molecule has 1 saturated heterocycles. The van der Waals surface area contributed by atoms with E-state index < -0.39 is 5.97 Å². The van der Waals surface area contributed by atoms with Crippen molar-refractivity contribution < 1.29 is 19.4 Å². The van der Waals surface area contributed by atoms with E-state index in [4.69, 9.17) is 4.74 Å². The lowest BCUT2D eigenvalue weighted by Gasteiger charge is -2.32. The summed E-state index contributed by atoms with van der Waals surface area (Å²) in [6.45, 7) is 3.44. The van der Waals surface area contributed by atoms with Crippen molar-refractivity contribution in [3.05, 3.63) is 64.7 Å². The molecule has 1 amide bonds. The highest BCUT2D eigenvalue weighted by atomic mass is 16.5. The maximum atomic E-state index is 12.7. The minimum atomic E-state index is -0.879. The quantitative estimate of drug-likeness (QED) is 0.828. The average Bonchev–Trinajstić information content (AvgIpc) is 2.69. The van der Waals surface area contributed by atoms with Crippen LogP contribution in [0.1, 0.15) is 39.9 Å². The fraction of sp³-hybridized carbons (Fsp3) is 0.391. The second kappa shape index (κ2) is 8.91. The largest absolute Gasteiger partial charge is 0.496 e. The van der Waals surface area contributed by atoms with Crippen LogP contribution in [0.2, 0.25) is 0 Å². The predicted octanol–water partition coefficient (Wildman–Crippen LogP) is 3.73. The zero-order chi connectivity index (χ0) is 20.1. The van der Waals surface area contributed by atoms with E-state index in [1.165, 1.54) is 0 Å². The molecule has 0 atom stereocenters. The zero-order valence-corrected chi connectivity index (χ0v) is 16.5. The van der Waals surface area contributed by atoms with Gasteiger partial charge in [-0.3, -0.25) is 4.79 Å². The number of carboxylic acid groups (broad SMARTS) is 1. The summed E-state index contributed by atoms with van der Waals surface area (Å²) in [4.78, 5) is 26.1. The molecule has 5 heteroatoms. The van der Waals surface area contributed by atoms with Crippen molar-refractivity contribution in [3.8, 4) is 5.75 Å². The van der Waals surface area contributed by atoms with E-state index >= 15 is 0 Å². The van der Waals surface area contributed by atoms with Crippen molar-refractivity contribution in [2.75, 3.05) is 20.2 Å². The van der Waals surface area contributed by atoms with Gasteiger partial charge in [0.15, 0.2) is 0 Å². The maximum Gasteiger partial charge on any atom is 0.335 e. The van der Waals surface area contributed by atoms with Crippen LogP contribution in [-0.4, -0.2) is 42.1 Å². The molecular formula is C23H27NO4. The van der Waals surface area contributed by atoms with Gasteiger partial charge in [-0.05, 0) is 49.8 Å². The van der Waals surface area contributed by atoms with Crippen molar-refractivity contribution in [3.63, 3.8) is 0 Å². The molecule has 0 aliphatic carbocycles. The van der Waals surface area contributed by atoms with Crippen LogP contribution in [0, 0.1) is 12.8 Å². The van der Waals surface area contributed by atoms with Gasteiger partial charge in [-0.25, -0.2) is 4.79 Å². The Morgan fingerprint density at radius 3 is 2.50 bits per heavy atom. The second-order valence-corrected chi connectivity index (χ2v) is 7.48. The molecule has 2 aromatic rings. The van der Waals surface area contributed by atoms with Gasteiger partial charge in [-0.2, -0.15) is 0 Å². The molecule has 5 nitrogen and oxygen atoms in total. The van der Waals surface area contributed by atoms with Crippen LogP contribution in [0.25, 0.3) is 0 Å². The topological polar surface area (TPSA) is 66.8 Å². The van der Waals surface area contributed by atoms with Crippen LogP contribution in [-0.2, 0) is 17.6 Å².